The lowest BCUT2D eigenvalue weighted by Crippen LogP contribution is -2.47. The number of guanidine groups is 1. The van der Waals surface area contributed by atoms with E-state index in [1.54, 1.807) is 0 Å². The average molecular weight is 495 g/mol. The molecule has 2 aromatic rings. The Labute approximate surface area is 185 Å². The van der Waals surface area contributed by atoms with E-state index in [1.807, 2.05) is 67.7 Å². The van der Waals surface area contributed by atoms with Gasteiger partial charge in [-0.1, -0.05) is 36.4 Å². The van der Waals surface area contributed by atoms with Gasteiger partial charge in [-0.3, -0.25) is 4.99 Å². The van der Waals surface area contributed by atoms with Crippen LogP contribution in [0.25, 0.3) is 0 Å². The highest BCUT2D eigenvalue weighted by Crippen LogP contribution is 2.18. The first-order chi connectivity index (χ1) is 13.3. The first-order valence-electron chi connectivity index (χ1n) is 9.70. The number of ether oxygens (including phenoxy) is 2. The lowest BCUT2D eigenvalue weighted by atomic mass is 10.1. The van der Waals surface area contributed by atoms with Crippen LogP contribution in [0.5, 0.6) is 11.5 Å². The largest absolute Gasteiger partial charge is 0.494 e. The van der Waals surface area contributed by atoms with Crippen LogP contribution < -0.4 is 14.8 Å². The molecule has 0 bridgehead atoms. The number of nitrogens with one attached hydrogen (secondary N) is 1. The standard InChI is InChI=1S/C22H29N3O2.HI/c1-23-22(24-15-8-18-26-19-9-4-2-5-10-19)25-16-13-21(14-17-25)27-20-11-6-3-7-12-20;/h2-7,9-12,21H,8,13-18H2,1H3,(H,23,24);1H. The Morgan fingerprint density at radius 3 is 2.21 bits per heavy atom. The van der Waals surface area contributed by atoms with Gasteiger partial charge in [0.25, 0.3) is 0 Å². The van der Waals surface area contributed by atoms with E-state index < -0.39 is 0 Å². The van der Waals surface area contributed by atoms with Crippen LogP contribution in [0.4, 0.5) is 0 Å². The van der Waals surface area contributed by atoms with Crippen LogP contribution in [0.3, 0.4) is 0 Å². The molecule has 6 heteroatoms. The molecule has 1 saturated heterocycles. The van der Waals surface area contributed by atoms with Crippen LogP contribution >= 0.6 is 24.0 Å². The molecule has 1 fully saturated rings. The number of rotatable bonds is 7. The number of hydrogen-bond donors (Lipinski definition) is 1. The van der Waals surface area contributed by atoms with Gasteiger partial charge in [0.1, 0.15) is 17.6 Å². The smallest absolute Gasteiger partial charge is 0.193 e. The molecule has 0 amide bonds. The van der Waals surface area contributed by atoms with Crippen molar-refractivity contribution in [2.75, 3.05) is 33.3 Å². The Morgan fingerprint density at radius 2 is 1.61 bits per heavy atom. The molecule has 1 aliphatic rings. The number of piperidine rings is 1. The Hall–Kier alpha value is -1.96. The summed E-state index contributed by atoms with van der Waals surface area (Å²) in [5.41, 5.74) is 0. The highest BCUT2D eigenvalue weighted by atomic mass is 127. The Kier molecular flexibility index (Phi) is 9.96. The van der Waals surface area contributed by atoms with E-state index in [9.17, 15) is 0 Å². The zero-order chi connectivity index (χ0) is 18.7. The molecular weight excluding hydrogens is 465 g/mol. The van der Waals surface area contributed by atoms with Gasteiger partial charge in [0.05, 0.1) is 6.61 Å². The monoisotopic (exact) mass is 495 g/mol. The maximum absolute atomic E-state index is 6.07. The van der Waals surface area contributed by atoms with E-state index >= 15 is 0 Å². The van der Waals surface area contributed by atoms with Crippen molar-refractivity contribution in [2.45, 2.75) is 25.4 Å². The molecule has 0 saturated carbocycles. The van der Waals surface area contributed by atoms with Gasteiger partial charge in [0.15, 0.2) is 5.96 Å². The zero-order valence-corrected chi connectivity index (χ0v) is 18.8. The summed E-state index contributed by atoms with van der Waals surface area (Å²) in [5.74, 6) is 2.84. The maximum Gasteiger partial charge on any atom is 0.193 e. The van der Waals surface area contributed by atoms with Crippen molar-refractivity contribution in [3.63, 3.8) is 0 Å². The summed E-state index contributed by atoms with van der Waals surface area (Å²) in [4.78, 5) is 6.73. The highest BCUT2D eigenvalue weighted by molar-refractivity contribution is 14.0. The van der Waals surface area contributed by atoms with Crippen LogP contribution in [0, 0.1) is 0 Å². The van der Waals surface area contributed by atoms with Crippen molar-refractivity contribution in [3.8, 4) is 11.5 Å². The Bertz CT molecular complexity index is 689. The second-order valence-corrected chi connectivity index (χ2v) is 6.61. The van der Waals surface area contributed by atoms with Crippen LogP contribution in [0.15, 0.2) is 65.7 Å². The fraction of sp³-hybridized carbons (Fsp3) is 0.409. The minimum Gasteiger partial charge on any atom is -0.494 e. The summed E-state index contributed by atoms with van der Waals surface area (Å²) in [5, 5.41) is 3.45. The third kappa shape index (κ3) is 7.22. The summed E-state index contributed by atoms with van der Waals surface area (Å²) in [6, 6.07) is 20.0. The zero-order valence-electron chi connectivity index (χ0n) is 16.4. The molecule has 1 N–H and O–H groups in total. The average Bonchev–Trinajstić information content (AvgIpc) is 2.73. The number of benzene rings is 2. The lowest BCUT2D eigenvalue weighted by molar-refractivity contribution is 0.129. The van der Waals surface area contributed by atoms with E-state index in [4.69, 9.17) is 9.47 Å². The minimum atomic E-state index is 0. The van der Waals surface area contributed by atoms with Gasteiger partial charge in [-0.25, -0.2) is 0 Å². The summed E-state index contributed by atoms with van der Waals surface area (Å²) < 4.78 is 11.8. The van der Waals surface area contributed by atoms with Crippen LogP contribution in [0.1, 0.15) is 19.3 Å². The predicted octanol–water partition coefficient (Wildman–Crippen LogP) is 4.19. The first-order valence-corrected chi connectivity index (χ1v) is 9.70. The van der Waals surface area contributed by atoms with Gasteiger partial charge in [-0.15, -0.1) is 24.0 Å². The molecular formula is C22H30IN3O2. The minimum absolute atomic E-state index is 0. The Morgan fingerprint density at radius 1 is 1.00 bits per heavy atom. The van der Waals surface area contributed by atoms with Crippen molar-refractivity contribution in [1.82, 2.24) is 10.2 Å². The van der Waals surface area contributed by atoms with Crippen LogP contribution in [0.2, 0.25) is 0 Å². The summed E-state index contributed by atoms with van der Waals surface area (Å²) >= 11 is 0. The number of para-hydroxylation sites is 2. The topological polar surface area (TPSA) is 46.1 Å². The lowest BCUT2D eigenvalue weighted by Gasteiger charge is -2.34. The summed E-state index contributed by atoms with van der Waals surface area (Å²) in [6.45, 7) is 3.45. The molecule has 1 heterocycles. The molecule has 0 unspecified atom stereocenters. The van der Waals surface area contributed by atoms with Gasteiger partial charge in [-0.2, -0.15) is 0 Å². The predicted molar refractivity (Wildman–Crippen MR) is 125 cm³/mol. The Balaban J connectivity index is 0.00000280. The van der Waals surface area contributed by atoms with E-state index in [1.165, 1.54) is 0 Å². The van der Waals surface area contributed by atoms with Crippen LogP contribution in [-0.2, 0) is 0 Å². The number of likely N-dealkylation sites (tertiary alicyclic amines) is 1. The fourth-order valence-electron chi connectivity index (χ4n) is 3.19. The fourth-order valence-corrected chi connectivity index (χ4v) is 3.19. The molecule has 2 aromatic carbocycles. The van der Waals surface area contributed by atoms with Crippen molar-refractivity contribution >= 4 is 29.9 Å². The van der Waals surface area contributed by atoms with E-state index in [0.717, 1.165) is 56.4 Å². The molecule has 0 atom stereocenters. The maximum atomic E-state index is 6.07. The molecule has 0 radical (unpaired) electrons. The quantitative estimate of drug-likeness (QED) is 0.271. The molecule has 0 spiro atoms. The van der Waals surface area contributed by atoms with E-state index in [2.05, 4.69) is 15.2 Å². The SMILES string of the molecule is CN=C(NCCCOc1ccccc1)N1CCC(Oc2ccccc2)CC1.I. The van der Waals surface area contributed by atoms with Crippen LogP contribution in [-0.4, -0.2) is 50.3 Å². The first kappa shape index (κ1) is 22.3. The van der Waals surface area contributed by atoms with Crippen molar-refractivity contribution in [2.24, 2.45) is 4.99 Å². The summed E-state index contributed by atoms with van der Waals surface area (Å²) in [7, 11) is 1.84. The van der Waals surface area contributed by atoms with E-state index in [0.29, 0.717) is 6.61 Å². The van der Waals surface area contributed by atoms with Crippen molar-refractivity contribution in [1.29, 1.82) is 0 Å². The number of hydrogen-bond acceptors (Lipinski definition) is 3. The molecule has 0 aromatic heterocycles. The van der Waals surface area contributed by atoms with Crippen molar-refractivity contribution in [3.05, 3.63) is 60.7 Å². The number of nitrogens with zero attached hydrogens (tertiary/aromatic N) is 2. The second kappa shape index (κ2) is 12.5. The molecule has 152 valence electrons. The van der Waals surface area contributed by atoms with Gasteiger partial charge in [-0.05, 0) is 30.7 Å². The van der Waals surface area contributed by atoms with Gasteiger partial charge < -0.3 is 19.7 Å². The normalized spacial score (nSPS) is 14.9. The number of halogens is 1. The molecule has 28 heavy (non-hydrogen) atoms. The second-order valence-electron chi connectivity index (χ2n) is 6.61. The third-order valence-electron chi connectivity index (χ3n) is 4.62. The molecule has 1 aliphatic heterocycles. The molecule has 5 nitrogen and oxygen atoms in total. The molecule has 0 aliphatic carbocycles. The van der Waals surface area contributed by atoms with Crippen molar-refractivity contribution < 1.29 is 9.47 Å². The van der Waals surface area contributed by atoms with Gasteiger partial charge in [0.2, 0.25) is 0 Å². The van der Waals surface area contributed by atoms with Gasteiger partial charge in [0, 0.05) is 39.5 Å². The third-order valence-corrected chi connectivity index (χ3v) is 4.62. The summed E-state index contributed by atoms with van der Waals surface area (Å²) in [6.07, 6.45) is 3.22. The number of aliphatic imine (C=N–C) groups is 1. The highest BCUT2D eigenvalue weighted by Gasteiger charge is 2.22. The van der Waals surface area contributed by atoms with Gasteiger partial charge >= 0.3 is 0 Å². The van der Waals surface area contributed by atoms with E-state index in [-0.39, 0.29) is 30.1 Å². The molecule has 3 rings (SSSR count).